The number of hydrogen-bond donors (Lipinski definition) is 2. The number of aromatic nitrogens is 5. The molecular formula is C23H24ClIN6. The minimum absolute atomic E-state index is 0. The highest BCUT2D eigenvalue weighted by molar-refractivity contribution is 14.1. The molecule has 4 rings (SSSR count). The Labute approximate surface area is 201 Å². The van der Waals surface area contributed by atoms with Gasteiger partial charge in [-0.2, -0.15) is 5.21 Å². The van der Waals surface area contributed by atoms with Crippen LogP contribution in [0.1, 0.15) is 30.8 Å². The summed E-state index contributed by atoms with van der Waals surface area (Å²) in [5.41, 5.74) is 7.84. The van der Waals surface area contributed by atoms with Crippen LogP contribution in [-0.4, -0.2) is 25.6 Å². The van der Waals surface area contributed by atoms with E-state index in [4.69, 9.17) is 4.98 Å². The number of nitrogens with zero attached hydrogens (tertiary/aromatic N) is 4. The number of benzene rings is 2. The van der Waals surface area contributed by atoms with E-state index in [9.17, 15) is 0 Å². The maximum absolute atomic E-state index is 4.74. The van der Waals surface area contributed by atoms with Gasteiger partial charge in [-0.15, -0.1) is 22.6 Å². The molecule has 0 amide bonds. The number of H-pyrrole nitrogens is 1. The van der Waals surface area contributed by atoms with Crippen LogP contribution in [0.3, 0.4) is 0 Å². The highest BCUT2D eigenvalue weighted by Gasteiger charge is 2.11. The molecule has 2 aromatic carbocycles. The van der Waals surface area contributed by atoms with Crippen LogP contribution in [-0.2, 0) is 19.4 Å². The first-order chi connectivity index (χ1) is 14.7. The van der Waals surface area contributed by atoms with E-state index in [-0.39, 0.29) is 12.4 Å². The topological polar surface area (TPSA) is 79.4 Å². The molecule has 0 aliphatic rings. The quantitative estimate of drug-likeness (QED) is 0.291. The van der Waals surface area contributed by atoms with Crippen molar-refractivity contribution in [2.75, 3.05) is 5.32 Å². The first-order valence-electron chi connectivity index (χ1n) is 10.0. The molecule has 0 aliphatic carbocycles. The molecule has 0 saturated heterocycles. The molecule has 0 fully saturated rings. The van der Waals surface area contributed by atoms with Gasteiger partial charge in [0.25, 0.3) is 0 Å². The third kappa shape index (κ3) is 5.22. The third-order valence-corrected chi connectivity index (χ3v) is 6.24. The predicted octanol–water partition coefficient (Wildman–Crippen LogP) is 5.69. The van der Waals surface area contributed by atoms with Gasteiger partial charge in [0.2, 0.25) is 5.82 Å². The summed E-state index contributed by atoms with van der Waals surface area (Å²) in [5.74, 6) is 0.599. The van der Waals surface area contributed by atoms with E-state index in [1.54, 1.807) is 0 Å². The van der Waals surface area contributed by atoms with Crippen LogP contribution in [0, 0.1) is 3.57 Å². The van der Waals surface area contributed by atoms with Crippen LogP contribution >= 0.6 is 35.0 Å². The number of nitrogens with one attached hydrogen (secondary N) is 2. The molecular weight excluding hydrogens is 523 g/mol. The van der Waals surface area contributed by atoms with Crippen LogP contribution in [0.4, 0.5) is 5.69 Å². The van der Waals surface area contributed by atoms with Crippen molar-refractivity contribution in [1.29, 1.82) is 0 Å². The minimum Gasteiger partial charge on any atom is -0.380 e. The van der Waals surface area contributed by atoms with Crippen LogP contribution in [0.2, 0.25) is 0 Å². The average Bonchev–Trinajstić information content (AvgIpc) is 3.33. The standard InChI is InChI=1S/C23H23IN6.ClH/c1-3-17-13-21(22(24)20(4-2)26-17)25-14-15-9-11-16(12-10-15)18-7-5-6-8-19(18)23-27-29-30-28-23;/h5-13H,3-4,14H2,1-2H3,(H,25,26)(H,27,28,29,30);1H. The lowest BCUT2D eigenvalue weighted by Crippen LogP contribution is -2.06. The number of halogens is 2. The molecule has 0 saturated carbocycles. The van der Waals surface area contributed by atoms with Gasteiger partial charge in [0.1, 0.15) is 0 Å². The Kier molecular flexibility index (Phi) is 7.97. The molecule has 0 radical (unpaired) electrons. The normalized spacial score (nSPS) is 10.5. The Hall–Kier alpha value is -2.52. The molecule has 2 N–H and O–H groups in total. The van der Waals surface area contributed by atoms with Crippen molar-refractivity contribution < 1.29 is 0 Å². The van der Waals surface area contributed by atoms with Crippen LogP contribution < -0.4 is 5.32 Å². The summed E-state index contributed by atoms with van der Waals surface area (Å²) in [5, 5.41) is 18.1. The predicted molar refractivity (Wildman–Crippen MR) is 135 cm³/mol. The van der Waals surface area contributed by atoms with E-state index in [1.807, 2.05) is 18.2 Å². The van der Waals surface area contributed by atoms with E-state index in [0.717, 1.165) is 53.2 Å². The lowest BCUT2D eigenvalue weighted by Gasteiger charge is -2.14. The van der Waals surface area contributed by atoms with Gasteiger partial charge in [0, 0.05) is 17.8 Å². The lowest BCUT2D eigenvalue weighted by molar-refractivity contribution is 0.881. The number of rotatable bonds is 7. The SMILES string of the molecule is CCc1cc(NCc2ccc(-c3ccccc3-c3nn[nH]n3)cc2)c(I)c(CC)n1.Cl. The highest BCUT2D eigenvalue weighted by atomic mass is 127. The van der Waals surface area contributed by atoms with Crippen molar-refractivity contribution in [3.63, 3.8) is 0 Å². The molecule has 0 aliphatic heterocycles. The summed E-state index contributed by atoms with van der Waals surface area (Å²) >= 11 is 2.39. The molecule has 31 heavy (non-hydrogen) atoms. The lowest BCUT2D eigenvalue weighted by atomic mass is 9.98. The zero-order chi connectivity index (χ0) is 20.9. The summed E-state index contributed by atoms with van der Waals surface area (Å²) < 4.78 is 1.21. The molecule has 2 heterocycles. The molecule has 0 bridgehead atoms. The fourth-order valence-electron chi connectivity index (χ4n) is 3.39. The fourth-order valence-corrected chi connectivity index (χ4v) is 4.24. The number of hydrogen-bond acceptors (Lipinski definition) is 5. The van der Waals surface area contributed by atoms with Gasteiger partial charge < -0.3 is 5.32 Å². The third-order valence-electron chi connectivity index (χ3n) is 5.04. The summed E-state index contributed by atoms with van der Waals surface area (Å²) in [4.78, 5) is 4.74. The van der Waals surface area contributed by atoms with Crippen molar-refractivity contribution in [2.24, 2.45) is 0 Å². The fraction of sp³-hybridized carbons (Fsp3) is 0.217. The average molecular weight is 547 g/mol. The number of aromatic amines is 1. The number of aryl methyl sites for hydroxylation is 2. The van der Waals surface area contributed by atoms with E-state index in [1.165, 1.54) is 9.13 Å². The summed E-state index contributed by atoms with van der Waals surface area (Å²) in [7, 11) is 0. The monoisotopic (exact) mass is 546 g/mol. The Morgan fingerprint density at radius 2 is 1.71 bits per heavy atom. The molecule has 2 aromatic heterocycles. The Morgan fingerprint density at radius 1 is 0.968 bits per heavy atom. The first kappa shape index (κ1) is 23.1. The number of anilines is 1. The Morgan fingerprint density at radius 3 is 2.35 bits per heavy atom. The van der Waals surface area contributed by atoms with Gasteiger partial charge in [-0.05, 0) is 63.4 Å². The van der Waals surface area contributed by atoms with Crippen LogP contribution in [0.25, 0.3) is 22.5 Å². The van der Waals surface area contributed by atoms with Gasteiger partial charge in [-0.1, -0.05) is 62.4 Å². The van der Waals surface area contributed by atoms with Gasteiger partial charge in [-0.25, -0.2) is 0 Å². The largest absolute Gasteiger partial charge is 0.380 e. The van der Waals surface area contributed by atoms with Crippen molar-refractivity contribution in [2.45, 2.75) is 33.2 Å². The van der Waals surface area contributed by atoms with Crippen molar-refractivity contribution >= 4 is 40.7 Å². The van der Waals surface area contributed by atoms with Gasteiger partial charge in [-0.3, -0.25) is 4.98 Å². The maximum Gasteiger partial charge on any atom is 0.205 e. The first-order valence-corrected chi connectivity index (χ1v) is 11.1. The van der Waals surface area contributed by atoms with Crippen LogP contribution in [0.5, 0.6) is 0 Å². The molecule has 0 atom stereocenters. The second kappa shape index (κ2) is 10.7. The molecule has 6 nitrogen and oxygen atoms in total. The second-order valence-corrected chi connectivity index (χ2v) is 8.04. The second-order valence-electron chi connectivity index (χ2n) is 6.96. The van der Waals surface area contributed by atoms with Gasteiger partial charge >= 0.3 is 0 Å². The van der Waals surface area contributed by atoms with E-state index in [2.05, 4.69) is 98.8 Å². The molecule has 160 valence electrons. The Bertz CT molecular complexity index is 1130. The Balaban J connectivity index is 0.00000272. The summed E-state index contributed by atoms with van der Waals surface area (Å²) in [6.45, 7) is 5.06. The van der Waals surface area contributed by atoms with E-state index < -0.39 is 0 Å². The molecule has 8 heteroatoms. The number of pyridine rings is 1. The zero-order valence-electron chi connectivity index (χ0n) is 17.4. The zero-order valence-corrected chi connectivity index (χ0v) is 20.4. The number of tetrazole rings is 1. The molecule has 4 aromatic rings. The summed E-state index contributed by atoms with van der Waals surface area (Å²) in [6, 6.07) is 18.9. The van der Waals surface area contributed by atoms with Crippen molar-refractivity contribution in [3.8, 4) is 22.5 Å². The van der Waals surface area contributed by atoms with E-state index in [0.29, 0.717) is 5.82 Å². The minimum atomic E-state index is 0. The van der Waals surface area contributed by atoms with Gasteiger partial charge in [0.15, 0.2) is 0 Å². The van der Waals surface area contributed by atoms with E-state index >= 15 is 0 Å². The van der Waals surface area contributed by atoms with Crippen molar-refractivity contribution in [1.82, 2.24) is 25.6 Å². The molecule has 0 spiro atoms. The van der Waals surface area contributed by atoms with Crippen LogP contribution in [0.15, 0.2) is 54.6 Å². The van der Waals surface area contributed by atoms with Crippen molar-refractivity contribution in [3.05, 3.63) is 75.1 Å². The summed E-state index contributed by atoms with van der Waals surface area (Å²) in [6.07, 6.45) is 1.88. The highest BCUT2D eigenvalue weighted by Crippen LogP contribution is 2.30. The maximum atomic E-state index is 4.74. The van der Waals surface area contributed by atoms with Gasteiger partial charge in [0.05, 0.1) is 15.0 Å². The smallest absolute Gasteiger partial charge is 0.205 e. The molecule has 0 unspecified atom stereocenters.